The Kier molecular flexibility index (Phi) is 5.34. The summed E-state index contributed by atoms with van der Waals surface area (Å²) in [5, 5.41) is 0. The van der Waals surface area contributed by atoms with E-state index >= 15 is 0 Å². The molecule has 1 aromatic carbocycles. The molecule has 1 amide bonds. The second-order valence-corrected chi connectivity index (χ2v) is 6.87. The molecule has 3 rings (SSSR count). The molecule has 0 aromatic heterocycles. The van der Waals surface area contributed by atoms with Crippen LogP contribution in [-0.4, -0.2) is 54.0 Å². The second-order valence-electron chi connectivity index (χ2n) is 6.87. The summed E-state index contributed by atoms with van der Waals surface area (Å²) in [5.74, 6) is 0.156. The van der Waals surface area contributed by atoms with Crippen molar-refractivity contribution in [2.75, 3.05) is 20.1 Å². The third-order valence-electron chi connectivity index (χ3n) is 5.29. The maximum absolute atomic E-state index is 12.8. The molecule has 3 atom stereocenters. The number of nitrogens with zero attached hydrogens (tertiary/aromatic N) is 2. The lowest BCUT2D eigenvalue weighted by molar-refractivity contribution is -0.145. The summed E-state index contributed by atoms with van der Waals surface area (Å²) in [6.07, 6.45) is 4.34. The van der Waals surface area contributed by atoms with Gasteiger partial charge < -0.3 is 14.5 Å². The van der Waals surface area contributed by atoms with Crippen molar-refractivity contribution >= 4 is 5.91 Å². The Balaban J connectivity index is 1.57. The van der Waals surface area contributed by atoms with E-state index in [9.17, 15) is 4.79 Å². The maximum atomic E-state index is 12.8. The molecule has 0 N–H and O–H groups in total. The SMILES string of the molecule is CC(OCc1ccccc1)C(=O)N1CCCC1C1CCCN1C. The monoisotopic (exact) mass is 316 g/mol. The Hall–Kier alpha value is -1.39. The van der Waals surface area contributed by atoms with Gasteiger partial charge in [0.2, 0.25) is 0 Å². The van der Waals surface area contributed by atoms with E-state index in [1.165, 1.54) is 12.8 Å². The Morgan fingerprint density at radius 1 is 1.17 bits per heavy atom. The van der Waals surface area contributed by atoms with Crippen LogP contribution in [0.5, 0.6) is 0 Å². The van der Waals surface area contributed by atoms with Gasteiger partial charge in [-0.3, -0.25) is 4.79 Å². The van der Waals surface area contributed by atoms with Crippen LogP contribution in [0.15, 0.2) is 30.3 Å². The minimum absolute atomic E-state index is 0.156. The molecule has 0 aliphatic carbocycles. The van der Waals surface area contributed by atoms with Crippen molar-refractivity contribution in [3.05, 3.63) is 35.9 Å². The smallest absolute Gasteiger partial charge is 0.251 e. The van der Waals surface area contributed by atoms with Crippen molar-refractivity contribution < 1.29 is 9.53 Å². The van der Waals surface area contributed by atoms with Gasteiger partial charge >= 0.3 is 0 Å². The lowest BCUT2D eigenvalue weighted by Gasteiger charge is -2.34. The zero-order chi connectivity index (χ0) is 16.2. The molecule has 2 aliphatic rings. The van der Waals surface area contributed by atoms with Crippen LogP contribution in [0.25, 0.3) is 0 Å². The largest absolute Gasteiger partial charge is 0.364 e. The van der Waals surface area contributed by atoms with E-state index in [-0.39, 0.29) is 12.0 Å². The van der Waals surface area contributed by atoms with E-state index < -0.39 is 0 Å². The molecular formula is C19H28N2O2. The molecule has 2 saturated heterocycles. The third-order valence-corrected chi connectivity index (χ3v) is 5.29. The van der Waals surface area contributed by atoms with Gasteiger partial charge in [0.25, 0.3) is 5.91 Å². The number of hydrogen-bond donors (Lipinski definition) is 0. The van der Waals surface area contributed by atoms with Gasteiger partial charge in [-0.2, -0.15) is 0 Å². The first kappa shape index (κ1) is 16.5. The number of likely N-dealkylation sites (N-methyl/N-ethyl adjacent to an activating group) is 1. The van der Waals surface area contributed by atoms with Crippen LogP contribution < -0.4 is 0 Å². The van der Waals surface area contributed by atoms with Gasteiger partial charge in [-0.1, -0.05) is 30.3 Å². The zero-order valence-corrected chi connectivity index (χ0v) is 14.3. The molecular weight excluding hydrogens is 288 g/mol. The van der Waals surface area contributed by atoms with Gasteiger partial charge in [0.1, 0.15) is 6.10 Å². The van der Waals surface area contributed by atoms with Crippen molar-refractivity contribution in [3.8, 4) is 0 Å². The van der Waals surface area contributed by atoms with Gasteiger partial charge in [-0.05, 0) is 51.8 Å². The first-order chi connectivity index (χ1) is 11.2. The van der Waals surface area contributed by atoms with Crippen molar-refractivity contribution in [3.63, 3.8) is 0 Å². The fourth-order valence-corrected chi connectivity index (χ4v) is 3.99. The molecule has 0 spiro atoms. The molecule has 3 unspecified atom stereocenters. The van der Waals surface area contributed by atoms with Crippen LogP contribution in [0, 0.1) is 0 Å². The lowest BCUT2D eigenvalue weighted by Crippen LogP contribution is -2.50. The number of likely N-dealkylation sites (tertiary alicyclic amines) is 2. The highest BCUT2D eigenvalue weighted by molar-refractivity contribution is 5.81. The van der Waals surface area contributed by atoms with Crippen molar-refractivity contribution in [2.45, 2.75) is 57.4 Å². The fraction of sp³-hybridized carbons (Fsp3) is 0.632. The topological polar surface area (TPSA) is 32.8 Å². The Bertz CT molecular complexity index is 519. The van der Waals surface area contributed by atoms with E-state index in [1.807, 2.05) is 37.3 Å². The van der Waals surface area contributed by atoms with Crippen LogP contribution in [-0.2, 0) is 16.1 Å². The second kappa shape index (κ2) is 7.45. The zero-order valence-electron chi connectivity index (χ0n) is 14.3. The van der Waals surface area contributed by atoms with E-state index in [0.717, 1.165) is 31.5 Å². The number of amides is 1. The summed E-state index contributed by atoms with van der Waals surface area (Å²) < 4.78 is 5.84. The van der Waals surface area contributed by atoms with Gasteiger partial charge in [0, 0.05) is 18.6 Å². The molecule has 2 heterocycles. The van der Waals surface area contributed by atoms with Crippen molar-refractivity contribution in [2.24, 2.45) is 0 Å². The predicted molar refractivity (Wildman–Crippen MR) is 91.1 cm³/mol. The molecule has 126 valence electrons. The van der Waals surface area contributed by atoms with Crippen LogP contribution in [0.1, 0.15) is 38.2 Å². The highest BCUT2D eigenvalue weighted by atomic mass is 16.5. The van der Waals surface area contributed by atoms with Gasteiger partial charge in [0.15, 0.2) is 0 Å². The van der Waals surface area contributed by atoms with E-state index in [1.54, 1.807) is 0 Å². The van der Waals surface area contributed by atoms with Gasteiger partial charge in [0.05, 0.1) is 6.61 Å². The minimum atomic E-state index is -0.373. The number of carbonyl (C=O) groups excluding carboxylic acids is 1. The number of carbonyl (C=O) groups is 1. The normalized spacial score (nSPS) is 26.6. The van der Waals surface area contributed by atoms with Crippen LogP contribution in [0.4, 0.5) is 0 Å². The number of rotatable bonds is 5. The van der Waals surface area contributed by atoms with Crippen LogP contribution >= 0.6 is 0 Å². The summed E-state index contributed by atoms with van der Waals surface area (Å²) in [7, 11) is 2.19. The average molecular weight is 316 g/mol. The summed E-state index contributed by atoms with van der Waals surface area (Å²) in [6.45, 7) is 4.42. The Morgan fingerprint density at radius 3 is 2.57 bits per heavy atom. The third kappa shape index (κ3) is 3.75. The number of hydrogen-bond acceptors (Lipinski definition) is 3. The molecule has 4 heteroatoms. The lowest BCUT2D eigenvalue weighted by atomic mass is 10.0. The Morgan fingerprint density at radius 2 is 1.87 bits per heavy atom. The fourth-order valence-electron chi connectivity index (χ4n) is 3.99. The molecule has 1 aromatic rings. The highest BCUT2D eigenvalue weighted by Gasteiger charge is 2.39. The molecule has 23 heavy (non-hydrogen) atoms. The summed E-state index contributed by atoms with van der Waals surface area (Å²) in [6, 6.07) is 11.0. The van der Waals surface area contributed by atoms with E-state index in [4.69, 9.17) is 4.74 Å². The molecule has 4 nitrogen and oxygen atoms in total. The summed E-state index contributed by atoms with van der Waals surface area (Å²) in [4.78, 5) is 17.3. The van der Waals surface area contributed by atoms with Crippen molar-refractivity contribution in [1.29, 1.82) is 0 Å². The Labute approximate surface area is 139 Å². The molecule has 0 saturated carbocycles. The average Bonchev–Trinajstić information content (AvgIpc) is 3.21. The standard InChI is InChI=1S/C19H28N2O2/c1-15(23-14-16-8-4-3-5-9-16)19(22)21-13-7-11-18(21)17-10-6-12-20(17)2/h3-5,8-9,15,17-18H,6-7,10-14H2,1-2H3. The van der Waals surface area contributed by atoms with Crippen molar-refractivity contribution in [1.82, 2.24) is 9.80 Å². The first-order valence-electron chi connectivity index (χ1n) is 8.83. The minimum Gasteiger partial charge on any atom is -0.364 e. The summed E-state index contributed by atoms with van der Waals surface area (Å²) >= 11 is 0. The van der Waals surface area contributed by atoms with Crippen LogP contribution in [0.2, 0.25) is 0 Å². The highest BCUT2D eigenvalue weighted by Crippen LogP contribution is 2.29. The molecule has 2 aliphatic heterocycles. The van der Waals surface area contributed by atoms with Crippen LogP contribution in [0.3, 0.4) is 0 Å². The van der Waals surface area contributed by atoms with E-state index in [2.05, 4.69) is 16.8 Å². The van der Waals surface area contributed by atoms with Gasteiger partial charge in [-0.25, -0.2) is 0 Å². The predicted octanol–water partition coefficient (Wildman–Crippen LogP) is 2.68. The molecule has 0 radical (unpaired) electrons. The molecule has 0 bridgehead atoms. The van der Waals surface area contributed by atoms with Gasteiger partial charge in [-0.15, -0.1) is 0 Å². The molecule has 2 fully saturated rings. The number of benzene rings is 1. The summed E-state index contributed by atoms with van der Waals surface area (Å²) in [5.41, 5.74) is 1.11. The maximum Gasteiger partial charge on any atom is 0.251 e. The number of ether oxygens (including phenoxy) is 1. The van der Waals surface area contributed by atoms with E-state index in [0.29, 0.717) is 18.7 Å². The first-order valence-corrected chi connectivity index (χ1v) is 8.83. The quantitative estimate of drug-likeness (QED) is 0.837.